The molecule has 0 aliphatic carbocycles. The Morgan fingerprint density at radius 3 is 1.15 bits per heavy atom. The first-order chi connectivity index (χ1) is 30.4. The summed E-state index contributed by atoms with van der Waals surface area (Å²) in [6.45, 7) is 9.50. The minimum absolute atomic E-state index is 0.0510. The van der Waals surface area contributed by atoms with Crippen LogP contribution in [0.5, 0.6) is 0 Å². The van der Waals surface area contributed by atoms with Gasteiger partial charge in [0.05, 0.1) is 0 Å². The molecular formula is C42H36F10N6O8. The lowest BCUT2D eigenvalue weighted by Crippen LogP contribution is -2.36. The standard InChI is InChI=1S/2C21H18F5N3O4/c2*1-20(2,3)33-19(31)27-14(8-10-6-11(22)9-12(23)7-10)17-29-16-13(18(30)32-17)4-5-15(28-16)21(24,25)26/h2*4-7,9,14H,8H2,1-3H3,(H,27,31)/t2*14-/m10/s1. The van der Waals surface area contributed by atoms with Crippen LogP contribution in [0, 0.1) is 23.3 Å². The normalized spacial score (nSPS) is 13.1. The molecule has 4 aromatic heterocycles. The Bertz CT molecular complexity index is 2660. The largest absolute Gasteiger partial charge is 0.444 e. The molecule has 24 heteroatoms. The molecule has 2 N–H and O–H groups in total. The van der Waals surface area contributed by atoms with Gasteiger partial charge in [0.25, 0.3) is 0 Å². The minimum Gasteiger partial charge on any atom is -0.444 e. The Kier molecular flexibility index (Phi) is 14.5. The molecule has 4 heterocycles. The molecule has 2 aromatic carbocycles. The van der Waals surface area contributed by atoms with Gasteiger partial charge in [0.15, 0.2) is 11.3 Å². The first kappa shape index (κ1) is 49.9. The van der Waals surface area contributed by atoms with Gasteiger partial charge in [0, 0.05) is 25.0 Å². The van der Waals surface area contributed by atoms with Crippen molar-refractivity contribution in [1.82, 2.24) is 30.6 Å². The Hall–Kier alpha value is -7.14. The number of pyridine rings is 2. The average molecular weight is 943 g/mol. The maximum absolute atomic E-state index is 13.6. The lowest BCUT2D eigenvalue weighted by atomic mass is 10.1. The van der Waals surface area contributed by atoms with E-state index in [1.54, 1.807) is 41.5 Å². The number of carbonyl (C=O) groups is 2. The molecule has 0 aliphatic heterocycles. The number of nitrogens with zero attached hydrogens (tertiary/aromatic N) is 4. The van der Waals surface area contributed by atoms with Gasteiger partial charge >= 0.3 is 35.8 Å². The van der Waals surface area contributed by atoms with Gasteiger partial charge in [-0.2, -0.15) is 36.3 Å². The summed E-state index contributed by atoms with van der Waals surface area (Å²) < 4.78 is 153. The van der Waals surface area contributed by atoms with Crippen molar-refractivity contribution in [2.24, 2.45) is 0 Å². The number of hydrogen-bond acceptors (Lipinski definition) is 12. The zero-order chi connectivity index (χ0) is 49.1. The van der Waals surface area contributed by atoms with Crippen molar-refractivity contribution in [3.8, 4) is 0 Å². The van der Waals surface area contributed by atoms with Crippen molar-refractivity contribution in [2.45, 2.75) is 90.0 Å². The van der Waals surface area contributed by atoms with E-state index in [1.807, 2.05) is 0 Å². The highest BCUT2D eigenvalue weighted by Gasteiger charge is 2.35. The first-order valence-electron chi connectivity index (χ1n) is 19.1. The second kappa shape index (κ2) is 19.1. The molecule has 2 atom stereocenters. The molecule has 0 fully saturated rings. The highest BCUT2D eigenvalue weighted by atomic mass is 19.4. The number of aromatic nitrogens is 4. The van der Waals surface area contributed by atoms with Crippen LogP contribution in [0.3, 0.4) is 0 Å². The van der Waals surface area contributed by atoms with Crippen LogP contribution in [0.2, 0.25) is 0 Å². The van der Waals surface area contributed by atoms with Crippen LogP contribution in [0.15, 0.2) is 79.1 Å². The number of carbonyl (C=O) groups excluding carboxylic acids is 2. The van der Waals surface area contributed by atoms with E-state index in [-0.39, 0.29) is 34.7 Å². The monoisotopic (exact) mass is 942 g/mol. The highest BCUT2D eigenvalue weighted by Crippen LogP contribution is 2.30. The third kappa shape index (κ3) is 13.9. The number of alkyl halides is 6. The summed E-state index contributed by atoms with van der Waals surface area (Å²) >= 11 is 0. The van der Waals surface area contributed by atoms with E-state index in [1.165, 1.54) is 0 Å². The topological polar surface area (TPSA) is 189 Å². The summed E-state index contributed by atoms with van der Waals surface area (Å²) in [6, 6.07) is 5.48. The molecule has 352 valence electrons. The van der Waals surface area contributed by atoms with Crippen molar-refractivity contribution >= 4 is 34.3 Å². The Morgan fingerprint density at radius 1 is 0.545 bits per heavy atom. The number of fused-ring (bicyclic) bond motifs is 2. The summed E-state index contributed by atoms with van der Waals surface area (Å²) in [6.07, 6.45) is -12.2. The Labute approximate surface area is 365 Å². The van der Waals surface area contributed by atoms with Crippen molar-refractivity contribution in [3.05, 3.63) is 139 Å². The van der Waals surface area contributed by atoms with Crippen molar-refractivity contribution in [2.75, 3.05) is 0 Å². The van der Waals surface area contributed by atoms with Crippen LogP contribution in [-0.2, 0) is 34.7 Å². The number of halogens is 10. The number of ether oxygens (including phenoxy) is 2. The molecule has 0 radical (unpaired) electrons. The fourth-order valence-corrected chi connectivity index (χ4v) is 5.78. The van der Waals surface area contributed by atoms with Gasteiger partial charge in [-0.15, -0.1) is 0 Å². The molecular weight excluding hydrogens is 906 g/mol. The smallest absolute Gasteiger partial charge is 0.433 e. The van der Waals surface area contributed by atoms with E-state index < -0.39 is 117 Å². The van der Waals surface area contributed by atoms with E-state index >= 15 is 0 Å². The van der Waals surface area contributed by atoms with E-state index in [0.29, 0.717) is 24.3 Å². The third-order valence-corrected chi connectivity index (χ3v) is 8.30. The number of hydrogen-bond donors (Lipinski definition) is 2. The van der Waals surface area contributed by atoms with Gasteiger partial charge in [-0.25, -0.2) is 46.7 Å². The second-order valence-electron chi connectivity index (χ2n) is 16.2. The summed E-state index contributed by atoms with van der Waals surface area (Å²) in [4.78, 5) is 63.8. The third-order valence-electron chi connectivity index (χ3n) is 8.30. The van der Waals surface area contributed by atoms with Crippen molar-refractivity contribution < 1.29 is 71.8 Å². The number of alkyl carbamates (subject to hydrolysis) is 2. The van der Waals surface area contributed by atoms with Crippen LogP contribution in [-0.4, -0.2) is 43.3 Å². The molecule has 0 unspecified atom stereocenters. The van der Waals surface area contributed by atoms with E-state index in [2.05, 4.69) is 30.6 Å². The van der Waals surface area contributed by atoms with Gasteiger partial charge in [0.1, 0.15) is 68.7 Å². The molecule has 2 amide bonds. The molecule has 0 aliphatic rings. The van der Waals surface area contributed by atoms with Crippen molar-refractivity contribution in [3.63, 3.8) is 0 Å². The lowest BCUT2D eigenvalue weighted by Gasteiger charge is -2.23. The molecule has 0 bridgehead atoms. The van der Waals surface area contributed by atoms with Crippen LogP contribution >= 0.6 is 0 Å². The molecule has 6 aromatic rings. The lowest BCUT2D eigenvalue weighted by molar-refractivity contribution is -0.141. The fraction of sp³-hybridized carbons (Fsp3) is 0.333. The van der Waals surface area contributed by atoms with Gasteiger partial charge in [0.2, 0.25) is 11.8 Å². The summed E-state index contributed by atoms with van der Waals surface area (Å²) in [7, 11) is 0. The molecule has 14 nitrogen and oxygen atoms in total. The molecule has 0 saturated carbocycles. The number of nitrogens with one attached hydrogen (secondary N) is 2. The predicted octanol–water partition coefficient (Wildman–Crippen LogP) is 9.38. The highest BCUT2D eigenvalue weighted by molar-refractivity contribution is 5.74. The molecule has 66 heavy (non-hydrogen) atoms. The van der Waals surface area contributed by atoms with Crippen LogP contribution < -0.4 is 21.9 Å². The summed E-state index contributed by atoms with van der Waals surface area (Å²) in [5, 5.41) is 4.09. The Morgan fingerprint density at radius 2 is 0.864 bits per heavy atom. The zero-order valence-electron chi connectivity index (χ0n) is 35.2. The van der Waals surface area contributed by atoms with E-state index in [4.69, 9.17) is 18.3 Å². The predicted molar refractivity (Wildman–Crippen MR) is 210 cm³/mol. The van der Waals surface area contributed by atoms with Crippen molar-refractivity contribution in [1.29, 1.82) is 0 Å². The number of rotatable bonds is 8. The van der Waals surface area contributed by atoms with Crippen LogP contribution in [0.25, 0.3) is 22.1 Å². The molecule has 0 saturated heterocycles. The zero-order valence-corrected chi connectivity index (χ0v) is 35.2. The number of benzene rings is 2. The molecule has 0 spiro atoms. The quantitative estimate of drug-likeness (QED) is 0.138. The maximum atomic E-state index is 13.6. The second-order valence-corrected chi connectivity index (χ2v) is 16.2. The van der Waals surface area contributed by atoms with Crippen LogP contribution in [0.1, 0.15) is 87.9 Å². The summed E-state index contributed by atoms with van der Waals surface area (Å²) in [5.41, 5.74) is -7.57. The van der Waals surface area contributed by atoms with Gasteiger partial charge in [-0.3, -0.25) is 0 Å². The maximum Gasteiger partial charge on any atom is 0.433 e. The first-order valence-corrected chi connectivity index (χ1v) is 19.1. The van der Waals surface area contributed by atoms with Gasteiger partial charge < -0.3 is 28.9 Å². The number of amides is 2. The van der Waals surface area contributed by atoms with Crippen LogP contribution in [0.4, 0.5) is 53.5 Å². The average Bonchev–Trinajstić information content (AvgIpc) is 3.14. The SMILES string of the molecule is CC(C)(C)OC(=O)N[C@@H](Cc1cc(F)cc(F)c1)c1nc2nc(C(F)(F)F)ccc2c(=O)o1.CC(C)(C)OC(=O)N[C@H](Cc1cc(F)cc(F)c1)c1nc2nc(C(F)(F)F)ccc2c(=O)o1. The summed E-state index contributed by atoms with van der Waals surface area (Å²) in [5.74, 6) is -4.63. The Balaban J connectivity index is 0.000000247. The van der Waals surface area contributed by atoms with Gasteiger partial charge in [-0.1, -0.05) is 0 Å². The fourth-order valence-electron chi connectivity index (χ4n) is 5.78. The minimum atomic E-state index is -4.79. The van der Waals surface area contributed by atoms with Gasteiger partial charge in [-0.05, 0) is 101 Å². The molecule has 6 rings (SSSR count). The van der Waals surface area contributed by atoms with E-state index in [9.17, 15) is 63.1 Å². The van der Waals surface area contributed by atoms with E-state index in [0.717, 1.165) is 36.4 Å².